The van der Waals surface area contributed by atoms with Gasteiger partial charge < -0.3 is 4.74 Å². The molecule has 80 valence electrons. The van der Waals surface area contributed by atoms with Crippen molar-refractivity contribution >= 4 is 17.5 Å². The average Bonchev–Trinajstić information content (AvgIpc) is 1.78. The van der Waals surface area contributed by atoms with E-state index in [2.05, 4.69) is 0 Å². The zero-order valence-electron chi connectivity index (χ0n) is 9.21. The van der Waals surface area contributed by atoms with Gasteiger partial charge in [0, 0.05) is 0 Å². The maximum absolute atomic E-state index is 11.4. The lowest BCUT2D eigenvalue weighted by Crippen LogP contribution is -2.35. The molecule has 0 atom stereocenters. The number of esters is 1. The molecular weight excluding hydrogens is 184 g/mol. The highest BCUT2D eigenvalue weighted by Crippen LogP contribution is 2.12. The number of ether oxygens (including phenoxy) is 1. The first-order valence-electron chi connectivity index (χ1n) is 4.39. The highest BCUT2D eigenvalue weighted by atomic mass is 16.6. The average molecular weight is 200 g/mol. The Bertz CT molecular complexity index is 246. The summed E-state index contributed by atoms with van der Waals surface area (Å²) in [6.45, 7) is 7.46. The van der Waals surface area contributed by atoms with Crippen LogP contribution in [0.3, 0.4) is 0 Å². The van der Waals surface area contributed by atoms with Gasteiger partial charge in [0.05, 0.1) is 0 Å². The minimum atomic E-state index is -1.27. The number of ketones is 2. The van der Waals surface area contributed by atoms with E-state index in [9.17, 15) is 14.4 Å². The minimum Gasteiger partial charge on any atom is -0.459 e. The molecule has 4 nitrogen and oxygen atoms in total. The molecule has 0 amide bonds. The fourth-order valence-electron chi connectivity index (χ4n) is 0.979. The zero-order valence-corrected chi connectivity index (χ0v) is 9.21. The Labute approximate surface area is 83.6 Å². The SMILES string of the molecule is CC(=O)C(C(C)=O)C(=O)OC(C)(C)C. The molecule has 0 saturated carbocycles. The molecule has 0 fully saturated rings. The monoisotopic (exact) mass is 200 g/mol. The van der Waals surface area contributed by atoms with Gasteiger partial charge in [-0.05, 0) is 34.6 Å². The van der Waals surface area contributed by atoms with Crippen LogP contribution in [0.15, 0.2) is 0 Å². The van der Waals surface area contributed by atoms with E-state index in [0.717, 1.165) is 0 Å². The summed E-state index contributed by atoms with van der Waals surface area (Å²) in [6, 6.07) is 0. The van der Waals surface area contributed by atoms with Crippen LogP contribution < -0.4 is 0 Å². The smallest absolute Gasteiger partial charge is 0.324 e. The number of hydrogen-bond acceptors (Lipinski definition) is 4. The van der Waals surface area contributed by atoms with Gasteiger partial charge >= 0.3 is 5.97 Å². The molecule has 0 bridgehead atoms. The third kappa shape index (κ3) is 4.16. The Hall–Kier alpha value is -1.19. The molecule has 0 rings (SSSR count). The maximum Gasteiger partial charge on any atom is 0.324 e. The zero-order chi connectivity index (χ0) is 11.5. The van der Waals surface area contributed by atoms with E-state index in [-0.39, 0.29) is 0 Å². The Morgan fingerprint density at radius 2 is 1.36 bits per heavy atom. The van der Waals surface area contributed by atoms with Crippen LogP contribution in [-0.4, -0.2) is 23.1 Å². The topological polar surface area (TPSA) is 60.4 Å². The van der Waals surface area contributed by atoms with Gasteiger partial charge in [-0.1, -0.05) is 0 Å². The molecule has 4 heteroatoms. The lowest BCUT2D eigenvalue weighted by atomic mass is 10.0. The van der Waals surface area contributed by atoms with E-state index in [4.69, 9.17) is 4.74 Å². The predicted octanol–water partition coefficient (Wildman–Crippen LogP) is 1.12. The van der Waals surface area contributed by atoms with Crippen LogP contribution in [-0.2, 0) is 19.1 Å². The summed E-state index contributed by atoms with van der Waals surface area (Å²) in [5.74, 6) is -3.00. The van der Waals surface area contributed by atoms with Gasteiger partial charge in [-0.3, -0.25) is 14.4 Å². The molecule has 0 heterocycles. The molecule has 0 aromatic rings. The first-order valence-corrected chi connectivity index (χ1v) is 4.39. The molecular formula is C10H16O4. The van der Waals surface area contributed by atoms with Crippen LogP contribution in [0.5, 0.6) is 0 Å². The molecule has 0 aromatic heterocycles. The summed E-state index contributed by atoms with van der Waals surface area (Å²) >= 11 is 0. The van der Waals surface area contributed by atoms with Gasteiger partial charge in [-0.2, -0.15) is 0 Å². The fraction of sp³-hybridized carbons (Fsp3) is 0.700. The van der Waals surface area contributed by atoms with E-state index in [1.807, 2.05) is 0 Å². The number of Topliss-reactive ketones (excluding diaryl/α,β-unsaturated/α-hetero) is 2. The van der Waals surface area contributed by atoms with Gasteiger partial charge in [0.15, 0.2) is 17.5 Å². The molecule has 0 saturated heterocycles. The molecule has 0 radical (unpaired) electrons. The molecule has 0 N–H and O–H groups in total. The number of carbonyl (C=O) groups is 3. The first-order chi connectivity index (χ1) is 6.15. The van der Waals surface area contributed by atoms with Crippen molar-refractivity contribution in [3.8, 4) is 0 Å². The first kappa shape index (κ1) is 12.8. The lowest BCUT2D eigenvalue weighted by Gasteiger charge is -2.21. The molecule has 0 aliphatic rings. The summed E-state index contributed by atoms with van der Waals surface area (Å²) in [7, 11) is 0. The Balaban J connectivity index is 4.63. The molecule has 0 aromatic carbocycles. The van der Waals surface area contributed by atoms with Crippen molar-refractivity contribution in [2.24, 2.45) is 5.92 Å². The second-order valence-electron chi connectivity index (χ2n) is 4.19. The van der Waals surface area contributed by atoms with Crippen molar-refractivity contribution in [1.29, 1.82) is 0 Å². The van der Waals surface area contributed by atoms with Crippen LogP contribution in [0, 0.1) is 5.92 Å². The van der Waals surface area contributed by atoms with Gasteiger partial charge in [0.1, 0.15) is 5.60 Å². The van der Waals surface area contributed by atoms with E-state index < -0.39 is 29.1 Å². The Morgan fingerprint density at radius 1 is 1.00 bits per heavy atom. The maximum atomic E-state index is 11.4. The third-order valence-electron chi connectivity index (χ3n) is 1.46. The van der Waals surface area contributed by atoms with Gasteiger partial charge in [0.25, 0.3) is 0 Å². The molecule has 14 heavy (non-hydrogen) atoms. The summed E-state index contributed by atoms with van der Waals surface area (Å²) in [5.41, 5.74) is -0.680. The Morgan fingerprint density at radius 3 is 1.57 bits per heavy atom. The number of carbonyl (C=O) groups excluding carboxylic acids is 3. The van der Waals surface area contributed by atoms with E-state index in [0.29, 0.717) is 0 Å². The summed E-state index contributed by atoms with van der Waals surface area (Å²) in [6.07, 6.45) is 0. The quantitative estimate of drug-likeness (QED) is 0.506. The van der Waals surface area contributed by atoms with E-state index in [1.54, 1.807) is 20.8 Å². The van der Waals surface area contributed by atoms with E-state index in [1.165, 1.54) is 13.8 Å². The highest BCUT2D eigenvalue weighted by Gasteiger charge is 2.32. The van der Waals surface area contributed by atoms with E-state index >= 15 is 0 Å². The molecule has 0 aliphatic heterocycles. The van der Waals surface area contributed by atoms with Crippen molar-refractivity contribution in [2.75, 3.05) is 0 Å². The van der Waals surface area contributed by atoms with Crippen molar-refractivity contribution in [3.63, 3.8) is 0 Å². The second kappa shape index (κ2) is 4.35. The van der Waals surface area contributed by atoms with Crippen LogP contribution in [0.1, 0.15) is 34.6 Å². The van der Waals surface area contributed by atoms with Crippen LogP contribution >= 0.6 is 0 Å². The third-order valence-corrected chi connectivity index (χ3v) is 1.46. The van der Waals surface area contributed by atoms with Crippen LogP contribution in [0.4, 0.5) is 0 Å². The van der Waals surface area contributed by atoms with Crippen LogP contribution in [0.2, 0.25) is 0 Å². The second-order valence-corrected chi connectivity index (χ2v) is 4.19. The van der Waals surface area contributed by atoms with Crippen molar-refractivity contribution in [3.05, 3.63) is 0 Å². The molecule has 0 spiro atoms. The molecule has 0 aliphatic carbocycles. The van der Waals surface area contributed by atoms with Crippen molar-refractivity contribution in [1.82, 2.24) is 0 Å². The van der Waals surface area contributed by atoms with Gasteiger partial charge in [-0.25, -0.2) is 0 Å². The summed E-state index contributed by atoms with van der Waals surface area (Å²) in [5, 5.41) is 0. The number of hydrogen-bond donors (Lipinski definition) is 0. The minimum absolute atomic E-state index is 0.480. The largest absolute Gasteiger partial charge is 0.459 e. The van der Waals surface area contributed by atoms with Crippen molar-refractivity contribution in [2.45, 2.75) is 40.2 Å². The summed E-state index contributed by atoms with van der Waals surface area (Å²) < 4.78 is 4.94. The highest BCUT2D eigenvalue weighted by molar-refractivity contribution is 6.15. The number of rotatable bonds is 3. The fourth-order valence-corrected chi connectivity index (χ4v) is 0.979. The normalized spacial score (nSPS) is 11.3. The van der Waals surface area contributed by atoms with Gasteiger partial charge in [-0.15, -0.1) is 0 Å². The summed E-state index contributed by atoms with van der Waals surface area (Å²) in [4.78, 5) is 33.4. The van der Waals surface area contributed by atoms with Gasteiger partial charge in [0.2, 0.25) is 0 Å². The van der Waals surface area contributed by atoms with Crippen LogP contribution in [0.25, 0.3) is 0 Å². The Kier molecular flexibility index (Phi) is 3.98. The lowest BCUT2D eigenvalue weighted by molar-refractivity contribution is -0.163. The predicted molar refractivity (Wildman–Crippen MR) is 50.7 cm³/mol. The van der Waals surface area contributed by atoms with Crippen molar-refractivity contribution < 1.29 is 19.1 Å². The standard InChI is InChI=1S/C10H16O4/c1-6(11)8(7(2)12)9(13)14-10(3,4)5/h8H,1-5H3. The molecule has 0 unspecified atom stereocenters.